The standard InChI is InChI=1S/C18H22N6O3/c1-3-12-17(25)23(2)13-9-20-15(14-19-8-11(21-14)18(26)27)22-16(13)24(12)10-6-4-5-7-10/h8-10,12H,3-7H2,1-2H3,(H,19,21)(H,26,27). The molecule has 2 N–H and O–H groups in total. The number of amides is 1. The third-order valence-corrected chi connectivity index (χ3v) is 5.43. The number of imidazole rings is 1. The van der Waals surface area contributed by atoms with Crippen molar-refractivity contribution < 1.29 is 14.7 Å². The molecule has 2 aromatic heterocycles. The number of aromatic amines is 1. The highest BCUT2D eigenvalue weighted by molar-refractivity contribution is 6.04. The first-order valence-electron chi connectivity index (χ1n) is 9.22. The van der Waals surface area contributed by atoms with Crippen LogP contribution in [0.5, 0.6) is 0 Å². The summed E-state index contributed by atoms with van der Waals surface area (Å²) in [4.78, 5) is 43.6. The second-order valence-corrected chi connectivity index (χ2v) is 7.02. The van der Waals surface area contributed by atoms with Crippen molar-refractivity contribution in [3.05, 3.63) is 18.1 Å². The van der Waals surface area contributed by atoms with Crippen LogP contribution < -0.4 is 9.80 Å². The lowest BCUT2D eigenvalue weighted by molar-refractivity contribution is -0.120. The number of carboxylic acid groups (broad SMARTS) is 1. The highest BCUT2D eigenvalue weighted by Gasteiger charge is 2.41. The minimum atomic E-state index is -1.09. The lowest BCUT2D eigenvalue weighted by atomic mass is 10.0. The van der Waals surface area contributed by atoms with Crippen LogP contribution >= 0.6 is 0 Å². The van der Waals surface area contributed by atoms with Crippen molar-refractivity contribution in [3.63, 3.8) is 0 Å². The monoisotopic (exact) mass is 370 g/mol. The maximum atomic E-state index is 12.9. The molecule has 2 aromatic rings. The van der Waals surface area contributed by atoms with Crippen LogP contribution in [0, 0.1) is 0 Å². The molecule has 4 rings (SSSR count). The SMILES string of the molecule is CCC1C(=O)N(C)c2cnc(-c3ncc(C(=O)O)[nH]3)nc2N1C1CCCC1. The topological polar surface area (TPSA) is 115 Å². The smallest absolute Gasteiger partial charge is 0.353 e. The molecule has 1 unspecified atom stereocenters. The molecule has 142 valence electrons. The Hall–Kier alpha value is -2.97. The van der Waals surface area contributed by atoms with Gasteiger partial charge >= 0.3 is 5.97 Å². The number of nitrogens with one attached hydrogen (secondary N) is 1. The Morgan fingerprint density at radius 2 is 2.04 bits per heavy atom. The molecule has 1 saturated carbocycles. The average molecular weight is 370 g/mol. The first kappa shape index (κ1) is 17.4. The minimum absolute atomic E-state index is 0.0160. The van der Waals surface area contributed by atoms with Crippen molar-refractivity contribution in [1.29, 1.82) is 0 Å². The molecule has 0 aromatic carbocycles. The van der Waals surface area contributed by atoms with E-state index in [1.165, 1.54) is 6.20 Å². The van der Waals surface area contributed by atoms with Crippen LogP contribution in [0.1, 0.15) is 49.5 Å². The molecule has 2 aliphatic rings. The summed E-state index contributed by atoms with van der Waals surface area (Å²) in [6.07, 6.45) is 7.94. The Labute approximate surface area is 156 Å². The van der Waals surface area contributed by atoms with E-state index in [1.54, 1.807) is 18.1 Å². The summed E-state index contributed by atoms with van der Waals surface area (Å²) < 4.78 is 0. The molecule has 0 spiro atoms. The van der Waals surface area contributed by atoms with Crippen LogP contribution in [0.2, 0.25) is 0 Å². The minimum Gasteiger partial charge on any atom is -0.477 e. The summed E-state index contributed by atoms with van der Waals surface area (Å²) in [6, 6.07) is 0.0276. The van der Waals surface area contributed by atoms with Gasteiger partial charge in [0.15, 0.2) is 17.5 Å². The Morgan fingerprint density at radius 1 is 1.30 bits per heavy atom. The van der Waals surface area contributed by atoms with E-state index >= 15 is 0 Å². The fourth-order valence-corrected chi connectivity index (χ4v) is 4.04. The van der Waals surface area contributed by atoms with Crippen molar-refractivity contribution in [2.24, 2.45) is 0 Å². The third-order valence-electron chi connectivity index (χ3n) is 5.43. The lowest BCUT2D eigenvalue weighted by Gasteiger charge is -2.43. The molecule has 0 radical (unpaired) electrons. The zero-order valence-electron chi connectivity index (χ0n) is 15.3. The molecule has 1 aliphatic carbocycles. The molecule has 27 heavy (non-hydrogen) atoms. The number of carboxylic acids is 1. The number of carbonyl (C=O) groups is 2. The number of fused-ring (bicyclic) bond motifs is 1. The van der Waals surface area contributed by atoms with E-state index in [4.69, 9.17) is 10.1 Å². The number of nitrogens with zero attached hydrogens (tertiary/aromatic N) is 5. The highest BCUT2D eigenvalue weighted by Crippen LogP contribution is 2.39. The van der Waals surface area contributed by atoms with Crippen LogP contribution in [-0.2, 0) is 4.79 Å². The van der Waals surface area contributed by atoms with Crippen molar-refractivity contribution in [1.82, 2.24) is 19.9 Å². The first-order chi connectivity index (χ1) is 13.0. The van der Waals surface area contributed by atoms with Gasteiger partial charge in [0.2, 0.25) is 5.91 Å². The van der Waals surface area contributed by atoms with Crippen molar-refractivity contribution in [2.75, 3.05) is 16.8 Å². The maximum absolute atomic E-state index is 12.9. The number of aromatic carboxylic acids is 1. The Balaban J connectivity index is 1.81. The predicted octanol–water partition coefficient (Wildman–Crippen LogP) is 2.07. The molecule has 3 heterocycles. The Morgan fingerprint density at radius 3 is 2.67 bits per heavy atom. The Bertz CT molecular complexity index is 889. The molecule has 9 heteroatoms. The second kappa shape index (κ2) is 6.64. The van der Waals surface area contributed by atoms with Crippen LogP contribution in [0.25, 0.3) is 11.6 Å². The van der Waals surface area contributed by atoms with Crippen molar-refractivity contribution in [3.8, 4) is 11.6 Å². The van der Waals surface area contributed by atoms with E-state index in [2.05, 4.69) is 19.9 Å². The summed E-state index contributed by atoms with van der Waals surface area (Å²) in [5, 5.41) is 9.09. The van der Waals surface area contributed by atoms with Gasteiger partial charge in [-0.2, -0.15) is 0 Å². The van der Waals surface area contributed by atoms with Gasteiger partial charge in [-0.25, -0.2) is 19.7 Å². The van der Waals surface area contributed by atoms with E-state index < -0.39 is 5.97 Å². The molecule has 9 nitrogen and oxygen atoms in total. The fraction of sp³-hybridized carbons (Fsp3) is 0.500. The first-order valence-corrected chi connectivity index (χ1v) is 9.22. The molecule has 0 saturated heterocycles. The van der Waals surface area contributed by atoms with E-state index in [0.717, 1.165) is 25.7 Å². The van der Waals surface area contributed by atoms with Crippen LogP contribution in [-0.4, -0.2) is 56.1 Å². The molecule has 1 atom stereocenters. The van der Waals surface area contributed by atoms with Crippen molar-refractivity contribution >= 4 is 23.4 Å². The summed E-state index contributed by atoms with van der Waals surface area (Å²) in [5.74, 6) is 0.306. The number of aromatic nitrogens is 4. The number of carbonyl (C=O) groups excluding carboxylic acids is 1. The summed E-state index contributed by atoms with van der Waals surface area (Å²) in [6.45, 7) is 2.01. The quantitative estimate of drug-likeness (QED) is 0.846. The van der Waals surface area contributed by atoms with E-state index in [0.29, 0.717) is 29.6 Å². The van der Waals surface area contributed by atoms with E-state index in [-0.39, 0.29) is 23.7 Å². The second-order valence-electron chi connectivity index (χ2n) is 7.02. The number of H-pyrrole nitrogens is 1. The predicted molar refractivity (Wildman–Crippen MR) is 98.8 cm³/mol. The van der Waals surface area contributed by atoms with Gasteiger partial charge in [-0.1, -0.05) is 19.8 Å². The van der Waals surface area contributed by atoms with Crippen LogP contribution in [0.4, 0.5) is 11.5 Å². The van der Waals surface area contributed by atoms with Gasteiger partial charge in [0, 0.05) is 13.1 Å². The number of hydrogen-bond acceptors (Lipinski definition) is 6. The summed E-state index contributed by atoms with van der Waals surface area (Å²) in [7, 11) is 1.74. The maximum Gasteiger partial charge on any atom is 0.353 e. The van der Waals surface area contributed by atoms with Gasteiger partial charge in [0.25, 0.3) is 0 Å². The molecular weight excluding hydrogens is 348 g/mol. The number of likely N-dealkylation sites (N-methyl/N-ethyl adjacent to an activating group) is 1. The van der Waals surface area contributed by atoms with Gasteiger partial charge in [-0.05, 0) is 19.3 Å². The normalized spacial score (nSPS) is 20.2. The zero-order chi connectivity index (χ0) is 19.1. The number of rotatable bonds is 4. The van der Waals surface area contributed by atoms with Crippen molar-refractivity contribution in [2.45, 2.75) is 51.1 Å². The molecule has 1 fully saturated rings. The van der Waals surface area contributed by atoms with Gasteiger partial charge in [-0.15, -0.1) is 0 Å². The fourth-order valence-electron chi connectivity index (χ4n) is 4.04. The van der Waals surface area contributed by atoms with E-state index in [1.807, 2.05) is 6.92 Å². The van der Waals surface area contributed by atoms with Crippen LogP contribution in [0.15, 0.2) is 12.4 Å². The summed E-state index contributed by atoms with van der Waals surface area (Å²) >= 11 is 0. The van der Waals surface area contributed by atoms with Gasteiger partial charge in [0.1, 0.15) is 17.4 Å². The lowest BCUT2D eigenvalue weighted by Crippen LogP contribution is -2.55. The average Bonchev–Trinajstić information content (AvgIpc) is 3.35. The third kappa shape index (κ3) is 2.83. The molecule has 0 bridgehead atoms. The van der Waals surface area contributed by atoms with Gasteiger partial charge in [-0.3, -0.25) is 4.79 Å². The highest BCUT2D eigenvalue weighted by atomic mass is 16.4. The van der Waals surface area contributed by atoms with Crippen LogP contribution in [0.3, 0.4) is 0 Å². The van der Waals surface area contributed by atoms with E-state index in [9.17, 15) is 9.59 Å². The summed E-state index contributed by atoms with van der Waals surface area (Å²) in [5.41, 5.74) is 0.656. The number of hydrogen-bond donors (Lipinski definition) is 2. The largest absolute Gasteiger partial charge is 0.477 e. The molecule has 1 amide bonds. The Kier molecular flexibility index (Phi) is 4.29. The zero-order valence-corrected chi connectivity index (χ0v) is 15.3. The number of anilines is 2. The van der Waals surface area contributed by atoms with Gasteiger partial charge < -0.3 is 19.9 Å². The molecular formula is C18H22N6O3. The van der Waals surface area contributed by atoms with Gasteiger partial charge in [0.05, 0.1) is 12.4 Å². The molecule has 1 aliphatic heterocycles.